The van der Waals surface area contributed by atoms with E-state index in [4.69, 9.17) is 4.74 Å². The molecule has 3 fully saturated rings. The summed E-state index contributed by atoms with van der Waals surface area (Å²) in [5, 5.41) is 4.40. The first-order valence-corrected chi connectivity index (χ1v) is 16.7. The Hall–Kier alpha value is -4.08. The second-order valence-corrected chi connectivity index (χ2v) is 13.4. The minimum absolute atomic E-state index is 0. The summed E-state index contributed by atoms with van der Waals surface area (Å²) in [5.74, 6) is 0.885. The number of hydrogen-bond acceptors (Lipinski definition) is 6. The standard InChI is InChI=1S/C37H44N6O3.ClH/c1-37(2,36(45)41-20-17-38-18-21-41)46-31-8-3-7-30(22-31)42-19-5-6-28(25-42)35(44)43(29-14-15-29)24-26-10-12-27(13-11-26)33-23-40-34-32(33)9-4-16-39-34;/h3-4,7-13,16,22-23,28-29,38H,5-6,14-15,17-21,24-25H2,1-2H3,(H,39,40);1H. The molecule has 3 aliphatic rings. The van der Waals surface area contributed by atoms with Crippen LogP contribution in [-0.2, 0) is 16.1 Å². The van der Waals surface area contributed by atoms with Crippen LogP contribution in [0.5, 0.6) is 5.75 Å². The van der Waals surface area contributed by atoms with Crippen molar-refractivity contribution in [1.29, 1.82) is 0 Å². The summed E-state index contributed by atoms with van der Waals surface area (Å²) >= 11 is 0. The van der Waals surface area contributed by atoms with Crippen molar-refractivity contribution in [2.45, 2.75) is 57.7 Å². The number of ether oxygens (including phenoxy) is 1. The second kappa shape index (κ2) is 14.0. The highest BCUT2D eigenvalue weighted by molar-refractivity contribution is 5.93. The first-order chi connectivity index (χ1) is 22.4. The maximum absolute atomic E-state index is 14.1. The van der Waals surface area contributed by atoms with Crippen molar-refractivity contribution >= 4 is 40.9 Å². The van der Waals surface area contributed by atoms with Crippen molar-refractivity contribution in [3.05, 3.63) is 78.6 Å². The number of halogens is 1. The van der Waals surface area contributed by atoms with Crippen molar-refractivity contribution in [2.75, 3.05) is 44.2 Å². The molecule has 9 nitrogen and oxygen atoms in total. The van der Waals surface area contributed by atoms with Gasteiger partial charge >= 0.3 is 0 Å². The van der Waals surface area contributed by atoms with E-state index in [1.54, 1.807) is 6.20 Å². The zero-order chi connectivity index (χ0) is 31.7. The lowest BCUT2D eigenvalue weighted by Gasteiger charge is -2.37. The van der Waals surface area contributed by atoms with Gasteiger partial charge in [0.2, 0.25) is 5.91 Å². The van der Waals surface area contributed by atoms with Crippen molar-refractivity contribution in [1.82, 2.24) is 25.1 Å². The summed E-state index contributed by atoms with van der Waals surface area (Å²) in [6.07, 6.45) is 7.81. The number of piperazine rings is 1. The van der Waals surface area contributed by atoms with E-state index in [1.807, 2.05) is 49.2 Å². The number of amides is 2. The molecule has 7 rings (SSSR count). The number of aromatic nitrogens is 2. The van der Waals surface area contributed by atoms with Crippen molar-refractivity contribution in [3.8, 4) is 16.9 Å². The highest BCUT2D eigenvalue weighted by Gasteiger charge is 2.38. The molecular formula is C37H45ClN6O3. The van der Waals surface area contributed by atoms with Crippen LogP contribution in [0.3, 0.4) is 0 Å². The van der Waals surface area contributed by atoms with Crippen LogP contribution < -0.4 is 15.0 Å². The topological polar surface area (TPSA) is 93.8 Å². The van der Waals surface area contributed by atoms with Crippen LogP contribution in [0.1, 0.15) is 45.1 Å². The molecule has 47 heavy (non-hydrogen) atoms. The third kappa shape index (κ3) is 7.26. The van der Waals surface area contributed by atoms with Gasteiger partial charge in [0.05, 0.1) is 5.92 Å². The average molecular weight is 657 g/mol. The Morgan fingerprint density at radius 2 is 1.79 bits per heavy atom. The molecule has 2 aromatic carbocycles. The quantitative estimate of drug-likeness (QED) is 0.242. The minimum Gasteiger partial charge on any atom is -0.478 e. The number of nitrogens with one attached hydrogen (secondary N) is 2. The summed E-state index contributed by atoms with van der Waals surface area (Å²) in [6.45, 7) is 8.91. The minimum atomic E-state index is -0.966. The fourth-order valence-corrected chi connectivity index (χ4v) is 6.93. The van der Waals surface area contributed by atoms with Gasteiger partial charge in [-0.3, -0.25) is 9.59 Å². The van der Waals surface area contributed by atoms with E-state index in [2.05, 4.69) is 61.5 Å². The average Bonchev–Trinajstić information content (AvgIpc) is 3.85. The number of H-pyrrole nitrogens is 1. The molecule has 2 saturated heterocycles. The number of fused-ring (bicyclic) bond motifs is 1. The Kier molecular flexibility index (Phi) is 9.75. The number of aromatic amines is 1. The van der Waals surface area contributed by atoms with Gasteiger partial charge in [0.25, 0.3) is 5.91 Å². The van der Waals surface area contributed by atoms with Gasteiger partial charge in [-0.05, 0) is 74.9 Å². The number of carbonyl (C=O) groups is 2. The third-order valence-electron chi connectivity index (χ3n) is 9.59. The van der Waals surface area contributed by atoms with E-state index < -0.39 is 5.60 Å². The van der Waals surface area contributed by atoms with Crippen LogP contribution in [0, 0.1) is 5.92 Å². The van der Waals surface area contributed by atoms with Crippen molar-refractivity contribution in [3.63, 3.8) is 0 Å². The highest BCUT2D eigenvalue weighted by Crippen LogP contribution is 2.34. The Labute approximate surface area is 283 Å². The predicted molar refractivity (Wildman–Crippen MR) is 188 cm³/mol. The van der Waals surface area contributed by atoms with Gasteiger partial charge in [0.1, 0.15) is 11.4 Å². The maximum Gasteiger partial charge on any atom is 0.266 e. The zero-order valence-electron chi connectivity index (χ0n) is 27.3. The summed E-state index contributed by atoms with van der Waals surface area (Å²) < 4.78 is 6.30. The smallest absolute Gasteiger partial charge is 0.266 e. The largest absolute Gasteiger partial charge is 0.478 e. The maximum atomic E-state index is 14.1. The SMILES string of the molecule is CC(C)(Oc1cccc(N2CCCC(C(=O)N(Cc3ccc(-c4c[nH]c5ncccc45)cc3)C3CC3)C2)c1)C(=O)N1CCNCC1.Cl. The van der Waals surface area contributed by atoms with Gasteiger partial charge in [-0.1, -0.05) is 30.3 Å². The molecule has 0 spiro atoms. The lowest BCUT2D eigenvalue weighted by molar-refractivity contribution is -0.146. The predicted octanol–water partition coefficient (Wildman–Crippen LogP) is 5.65. The number of anilines is 1. The number of piperidine rings is 1. The van der Waals surface area contributed by atoms with Crippen LogP contribution in [0.15, 0.2) is 73.1 Å². The molecule has 1 aliphatic carbocycles. The van der Waals surface area contributed by atoms with Gasteiger partial charge in [-0.25, -0.2) is 4.98 Å². The highest BCUT2D eigenvalue weighted by atomic mass is 35.5. The monoisotopic (exact) mass is 656 g/mol. The molecule has 4 aromatic rings. The second-order valence-electron chi connectivity index (χ2n) is 13.4. The summed E-state index contributed by atoms with van der Waals surface area (Å²) in [4.78, 5) is 41.3. The number of benzene rings is 2. The van der Waals surface area contributed by atoms with Crippen molar-refractivity contribution in [2.24, 2.45) is 5.92 Å². The van der Waals surface area contributed by atoms with Gasteiger partial charge in [0, 0.05) is 87.0 Å². The number of rotatable bonds is 9. The molecular weight excluding hydrogens is 612 g/mol. The fraction of sp³-hybridized carbons (Fsp3) is 0.432. The van der Waals surface area contributed by atoms with E-state index in [9.17, 15) is 9.59 Å². The van der Waals surface area contributed by atoms with E-state index >= 15 is 0 Å². The molecule has 4 heterocycles. The molecule has 248 valence electrons. The lowest BCUT2D eigenvalue weighted by atomic mass is 9.95. The molecule has 1 atom stereocenters. The normalized spacial score (nSPS) is 18.5. The summed E-state index contributed by atoms with van der Waals surface area (Å²) in [5.41, 5.74) is 4.37. The first kappa shape index (κ1) is 32.8. The molecule has 0 radical (unpaired) electrons. The Morgan fingerprint density at radius 1 is 1.00 bits per heavy atom. The van der Waals surface area contributed by atoms with Gasteiger partial charge < -0.3 is 29.7 Å². The first-order valence-electron chi connectivity index (χ1n) is 16.7. The van der Waals surface area contributed by atoms with Crippen molar-refractivity contribution < 1.29 is 14.3 Å². The summed E-state index contributed by atoms with van der Waals surface area (Å²) in [7, 11) is 0. The Bertz CT molecular complexity index is 1700. The number of hydrogen-bond donors (Lipinski definition) is 2. The summed E-state index contributed by atoms with van der Waals surface area (Å²) in [6, 6.07) is 21.0. The van der Waals surface area contributed by atoms with Crippen LogP contribution in [0.2, 0.25) is 0 Å². The van der Waals surface area contributed by atoms with Crippen LogP contribution in [-0.4, -0.2) is 82.5 Å². The molecule has 0 bridgehead atoms. The molecule has 2 amide bonds. The molecule has 1 unspecified atom stereocenters. The van der Waals surface area contributed by atoms with Crippen LogP contribution in [0.4, 0.5) is 5.69 Å². The van der Waals surface area contributed by atoms with E-state index in [0.717, 1.165) is 78.7 Å². The van der Waals surface area contributed by atoms with E-state index in [0.29, 0.717) is 38.0 Å². The van der Waals surface area contributed by atoms with Crippen LogP contribution in [0.25, 0.3) is 22.2 Å². The molecule has 2 aromatic heterocycles. The molecule has 1 saturated carbocycles. The number of carbonyl (C=O) groups excluding carboxylic acids is 2. The molecule has 2 aliphatic heterocycles. The number of pyridine rings is 1. The van der Waals surface area contributed by atoms with E-state index in [-0.39, 0.29) is 30.1 Å². The molecule has 10 heteroatoms. The lowest BCUT2D eigenvalue weighted by Crippen LogP contribution is -2.54. The molecule has 2 N–H and O–H groups in total. The Balaban J connectivity index is 0.00000386. The van der Waals surface area contributed by atoms with Crippen LogP contribution >= 0.6 is 12.4 Å². The number of nitrogens with zero attached hydrogens (tertiary/aromatic N) is 4. The third-order valence-corrected chi connectivity index (χ3v) is 9.59. The van der Waals surface area contributed by atoms with Gasteiger partial charge in [0.15, 0.2) is 5.60 Å². The van der Waals surface area contributed by atoms with E-state index in [1.165, 1.54) is 0 Å². The van der Waals surface area contributed by atoms with Gasteiger partial charge in [-0.15, -0.1) is 12.4 Å². The fourth-order valence-electron chi connectivity index (χ4n) is 6.93. The zero-order valence-corrected chi connectivity index (χ0v) is 28.1. The van der Waals surface area contributed by atoms with Gasteiger partial charge in [-0.2, -0.15) is 0 Å². The Morgan fingerprint density at radius 3 is 2.55 bits per heavy atom.